The van der Waals surface area contributed by atoms with E-state index in [4.69, 9.17) is 4.74 Å². The van der Waals surface area contributed by atoms with Gasteiger partial charge in [0.2, 0.25) is 0 Å². The number of aromatic nitrogens is 1. The van der Waals surface area contributed by atoms with Crippen LogP contribution in [-0.4, -0.2) is 24.7 Å². The van der Waals surface area contributed by atoms with Gasteiger partial charge in [0.15, 0.2) is 0 Å². The van der Waals surface area contributed by atoms with Crippen molar-refractivity contribution in [2.45, 2.75) is 32.9 Å². The maximum absolute atomic E-state index is 5.61. The topological polar surface area (TPSA) is 34.1 Å². The third-order valence-electron chi connectivity index (χ3n) is 2.62. The zero-order valence-electron chi connectivity index (χ0n) is 9.95. The Kier molecular flexibility index (Phi) is 4.72. The number of hydrogen-bond acceptors (Lipinski definition) is 3. The summed E-state index contributed by atoms with van der Waals surface area (Å²) in [6.07, 6.45) is 3.88. The van der Waals surface area contributed by atoms with E-state index < -0.39 is 0 Å². The van der Waals surface area contributed by atoms with E-state index in [1.807, 2.05) is 32.4 Å². The first-order valence-electron chi connectivity index (χ1n) is 5.40. The highest BCUT2D eigenvalue weighted by Crippen LogP contribution is 2.21. The quantitative estimate of drug-likeness (QED) is 0.804. The molecule has 15 heavy (non-hydrogen) atoms. The van der Waals surface area contributed by atoms with Gasteiger partial charge in [0, 0.05) is 19.0 Å². The number of nitrogens with one attached hydrogen (secondary N) is 1. The van der Waals surface area contributed by atoms with Gasteiger partial charge >= 0.3 is 0 Å². The zero-order valence-corrected chi connectivity index (χ0v) is 9.95. The van der Waals surface area contributed by atoms with Crippen molar-refractivity contribution in [2.24, 2.45) is 0 Å². The van der Waals surface area contributed by atoms with Crippen molar-refractivity contribution in [3.8, 4) is 0 Å². The van der Waals surface area contributed by atoms with Gasteiger partial charge in [0.25, 0.3) is 0 Å². The SMILES string of the molecule is CCOC(C)C(NC)c1cnccc1C. The van der Waals surface area contributed by atoms with Gasteiger partial charge < -0.3 is 10.1 Å². The van der Waals surface area contributed by atoms with Crippen molar-refractivity contribution in [3.05, 3.63) is 29.6 Å². The predicted molar refractivity (Wildman–Crippen MR) is 61.9 cm³/mol. The highest BCUT2D eigenvalue weighted by Gasteiger charge is 2.19. The van der Waals surface area contributed by atoms with Gasteiger partial charge in [0.1, 0.15) is 0 Å². The van der Waals surface area contributed by atoms with E-state index in [2.05, 4.69) is 24.1 Å². The Labute approximate surface area is 91.9 Å². The van der Waals surface area contributed by atoms with E-state index in [9.17, 15) is 0 Å². The summed E-state index contributed by atoms with van der Waals surface area (Å²) in [7, 11) is 1.95. The number of aryl methyl sites for hydroxylation is 1. The van der Waals surface area contributed by atoms with Crippen LogP contribution in [-0.2, 0) is 4.74 Å². The molecule has 0 aliphatic carbocycles. The van der Waals surface area contributed by atoms with Gasteiger partial charge in [-0.2, -0.15) is 0 Å². The second kappa shape index (κ2) is 5.83. The van der Waals surface area contributed by atoms with Crippen molar-refractivity contribution < 1.29 is 4.74 Å². The Hall–Kier alpha value is -0.930. The van der Waals surface area contributed by atoms with Crippen LogP contribution >= 0.6 is 0 Å². The summed E-state index contributed by atoms with van der Waals surface area (Å²) in [5, 5.41) is 3.28. The molecule has 0 spiro atoms. The molecule has 1 aromatic heterocycles. The molecule has 0 fully saturated rings. The molecule has 2 atom stereocenters. The summed E-state index contributed by atoms with van der Waals surface area (Å²) < 4.78 is 5.61. The fraction of sp³-hybridized carbons (Fsp3) is 0.583. The molecule has 0 aliphatic heterocycles. The average Bonchev–Trinajstić information content (AvgIpc) is 2.22. The number of ether oxygens (including phenoxy) is 1. The Bertz CT molecular complexity index is 301. The summed E-state index contributed by atoms with van der Waals surface area (Å²) in [6.45, 7) is 6.93. The van der Waals surface area contributed by atoms with Crippen molar-refractivity contribution >= 4 is 0 Å². The Morgan fingerprint density at radius 1 is 1.53 bits per heavy atom. The third kappa shape index (κ3) is 3.01. The number of pyridine rings is 1. The Balaban J connectivity index is 2.87. The summed E-state index contributed by atoms with van der Waals surface area (Å²) in [6, 6.07) is 2.23. The lowest BCUT2D eigenvalue weighted by atomic mass is 10.00. The fourth-order valence-electron chi connectivity index (χ4n) is 1.80. The molecule has 0 aliphatic rings. The molecule has 1 aromatic rings. The van der Waals surface area contributed by atoms with Crippen LogP contribution in [0.5, 0.6) is 0 Å². The Morgan fingerprint density at radius 3 is 2.80 bits per heavy atom. The maximum atomic E-state index is 5.61. The molecule has 0 saturated carbocycles. The fourth-order valence-corrected chi connectivity index (χ4v) is 1.80. The van der Waals surface area contributed by atoms with Crippen LogP contribution in [0.3, 0.4) is 0 Å². The predicted octanol–water partition coefficient (Wildman–Crippen LogP) is 2.08. The van der Waals surface area contributed by atoms with E-state index in [1.54, 1.807) is 0 Å². The zero-order chi connectivity index (χ0) is 11.3. The van der Waals surface area contributed by atoms with Crippen molar-refractivity contribution in [2.75, 3.05) is 13.7 Å². The number of rotatable bonds is 5. The van der Waals surface area contributed by atoms with Gasteiger partial charge in [-0.05, 0) is 45.0 Å². The Morgan fingerprint density at radius 2 is 2.27 bits per heavy atom. The van der Waals surface area contributed by atoms with E-state index in [0.29, 0.717) is 0 Å². The minimum atomic E-state index is 0.155. The number of likely N-dealkylation sites (N-methyl/N-ethyl adjacent to an activating group) is 1. The first-order chi connectivity index (χ1) is 7.20. The van der Waals surface area contributed by atoms with Crippen molar-refractivity contribution in [1.82, 2.24) is 10.3 Å². The summed E-state index contributed by atoms with van der Waals surface area (Å²) >= 11 is 0. The molecule has 0 amide bonds. The van der Waals surface area contributed by atoms with Crippen LogP contribution in [0.15, 0.2) is 18.5 Å². The molecule has 3 nitrogen and oxygen atoms in total. The molecule has 0 aromatic carbocycles. The molecular formula is C12H20N2O. The van der Waals surface area contributed by atoms with Crippen molar-refractivity contribution in [3.63, 3.8) is 0 Å². The van der Waals surface area contributed by atoms with Crippen LogP contribution in [0, 0.1) is 6.92 Å². The first-order valence-corrected chi connectivity index (χ1v) is 5.40. The van der Waals surface area contributed by atoms with Crippen LogP contribution in [0.2, 0.25) is 0 Å². The average molecular weight is 208 g/mol. The molecule has 0 bridgehead atoms. The van der Waals surface area contributed by atoms with Crippen LogP contribution < -0.4 is 5.32 Å². The largest absolute Gasteiger partial charge is 0.377 e. The molecule has 2 unspecified atom stereocenters. The molecule has 0 saturated heterocycles. The van der Waals surface area contributed by atoms with Gasteiger partial charge in [-0.15, -0.1) is 0 Å². The second-order valence-electron chi connectivity index (χ2n) is 3.66. The van der Waals surface area contributed by atoms with Gasteiger partial charge in [-0.1, -0.05) is 0 Å². The maximum Gasteiger partial charge on any atom is 0.0742 e. The normalized spacial score (nSPS) is 14.9. The molecule has 84 valence electrons. The van der Waals surface area contributed by atoms with E-state index in [0.717, 1.165) is 6.61 Å². The summed E-state index contributed by atoms with van der Waals surface area (Å²) in [5.74, 6) is 0. The van der Waals surface area contributed by atoms with Gasteiger partial charge in [0.05, 0.1) is 12.1 Å². The molecule has 0 radical (unpaired) electrons. The van der Waals surface area contributed by atoms with Gasteiger partial charge in [-0.3, -0.25) is 4.98 Å². The molecule has 3 heteroatoms. The lowest BCUT2D eigenvalue weighted by molar-refractivity contribution is 0.0490. The van der Waals surface area contributed by atoms with Crippen LogP contribution in [0.4, 0.5) is 0 Å². The highest BCUT2D eigenvalue weighted by molar-refractivity contribution is 5.25. The van der Waals surface area contributed by atoms with E-state index in [1.165, 1.54) is 11.1 Å². The smallest absolute Gasteiger partial charge is 0.0742 e. The van der Waals surface area contributed by atoms with E-state index in [-0.39, 0.29) is 12.1 Å². The molecular weight excluding hydrogens is 188 g/mol. The molecule has 1 N–H and O–H groups in total. The molecule has 1 rings (SSSR count). The standard InChI is InChI=1S/C12H20N2O/c1-5-15-10(3)12(13-4)11-8-14-7-6-9(11)2/h6-8,10,12-13H,5H2,1-4H3. The van der Waals surface area contributed by atoms with E-state index >= 15 is 0 Å². The van der Waals surface area contributed by atoms with Gasteiger partial charge in [-0.25, -0.2) is 0 Å². The monoisotopic (exact) mass is 208 g/mol. The third-order valence-corrected chi connectivity index (χ3v) is 2.62. The lowest BCUT2D eigenvalue weighted by Crippen LogP contribution is -2.30. The summed E-state index contributed by atoms with van der Waals surface area (Å²) in [4.78, 5) is 4.16. The second-order valence-corrected chi connectivity index (χ2v) is 3.66. The first kappa shape index (κ1) is 12.1. The summed E-state index contributed by atoms with van der Waals surface area (Å²) in [5.41, 5.74) is 2.46. The molecule has 1 heterocycles. The van der Waals surface area contributed by atoms with Crippen molar-refractivity contribution in [1.29, 1.82) is 0 Å². The number of nitrogens with zero attached hydrogens (tertiary/aromatic N) is 1. The highest BCUT2D eigenvalue weighted by atomic mass is 16.5. The minimum absolute atomic E-state index is 0.155. The van der Waals surface area contributed by atoms with Crippen LogP contribution in [0.1, 0.15) is 31.0 Å². The van der Waals surface area contributed by atoms with Crippen LogP contribution in [0.25, 0.3) is 0 Å². The minimum Gasteiger partial charge on any atom is -0.377 e. The lowest BCUT2D eigenvalue weighted by Gasteiger charge is -2.24. The number of hydrogen-bond donors (Lipinski definition) is 1.